The lowest BCUT2D eigenvalue weighted by atomic mass is 9.97. The van der Waals surface area contributed by atoms with E-state index in [1.165, 1.54) is 244 Å². The Morgan fingerprint density at radius 3 is 1.12 bits per heavy atom. The average Bonchev–Trinajstić information content (AvgIpc) is 0.801. The zero-order valence-corrected chi connectivity index (χ0v) is 60.9. The monoisotopic (exact) mass is 1340 g/mol. The maximum atomic E-state index is 13.4. The highest BCUT2D eigenvalue weighted by atomic mass is 16.7. The quantitative estimate of drug-likeness (QED) is 0.0204. The molecule has 95 heavy (non-hydrogen) atoms. The summed E-state index contributed by atoms with van der Waals surface area (Å²) in [6.45, 7) is 2.81. The lowest BCUT2D eigenvalue weighted by Gasteiger charge is -2.46. The summed E-state index contributed by atoms with van der Waals surface area (Å²) in [5, 5.41) is 87.9. The number of rotatable bonds is 67. The molecule has 0 aromatic heterocycles. The number of aliphatic hydroxyl groups excluding tert-OH is 8. The van der Waals surface area contributed by atoms with Gasteiger partial charge in [0.15, 0.2) is 12.6 Å². The van der Waals surface area contributed by atoms with Crippen molar-refractivity contribution >= 4 is 5.91 Å². The van der Waals surface area contributed by atoms with Gasteiger partial charge >= 0.3 is 0 Å². The zero-order chi connectivity index (χ0) is 68.7. The largest absolute Gasteiger partial charge is 0.394 e. The van der Waals surface area contributed by atoms with E-state index in [1.807, 2.05) is 0 Å². The summed E-state index contributed by atoms with van der Waals surface area (Å²) in [7, 11) is 0. The smallest absolute Gasteiger partial charge is 0.220 e. The maximum absolute atomic E-state index is 13.4. The summed E-state index contributed by atoms with van der Waals surface area (Å²) >= 11 is 0. The first-order chi connectivity index (χ1) is 46.6. The van der Waals surface area contributed by atoms with Crippen LogP contribution in [-0.2, 0) is 23.7 Å². The Labute approximate surface area is 581 Å². The minimum atomic E-state index is -1.78. The van der Waals surface area contributed by atoms with Crippen molar-refractivity contribution in [2.45, 2.75) is 428 Å². The fourth-order valence-electron chi connectivity index (χ4n) is 13.2. The molecule has 9 N–H and O–H groups in total. The van der Waals surface area contributed by atoms with Crippen molar-refractivity contribution in [1.82, 2.24) is 5.32 Å². The van der Waals surface area contributed by atoms with Crippen LogP contribution in [0.15, 0.2) is 60.8 Å². The normalized spacial score (nSPS) is 22.6. The van der Waals surface area contributed by atoms with Gasteiger partial charge in [0, 0.05) is 6.42 Å². The lowest BCUT2D eigenvalue weighted by Crippen LogP contribution is -2.65. The standard InChI is InChI=1S/C81H149NO13/c1-3-5-7-9-11-13-15-17-19-21-23-25-27-29-31-33-34-35-36-37-39-41-43-45-47-49-51-53-55-57-59-61-63-65-73(86)82-69(68-92-80-78(91)76(89)79(72(67-84)94-80)95-81-77(90)75(88)74(87)71(66-83)93-81)70(85)64-62-60-58-56-54-52-50-48-46-44-42-40-38-32-30-28-26-24-22-20-18-16-14-12-10-8-6-4-2/h5,7,11,13,17,19,23,25,29,31,69-72,74-81,83-85,87-91H,3-4,6,8-10,12,14-16,18,20-22,24,26-28,30,32-68H2,1-2H3,(H,82,86)/b7-5-,13-11-,19-17-,25-23-,31-29-. The molecule has 0 bridgehead atoms. The number of allylic oxidation sites excluding steroid dienone is 10. The van der Waals surface area contributed by atoms with Crippen LogP contribution in [0.4, 0.5) is 0 Å². The van der Waals surface area contributed by atoms with E-state index in [0.717, 1.165) is 83.5 Å². The van der Waals surface area contributed by atoms with E-state index in [9.17, 15) is 45.6 Å². The van der Waals surface area contributed by atoms with E-state index in [1.54, 1.807) is 0 Å². The molecule has 0 aliphatic carbocycles. The molecule has 2 fully saturated rings. The Balaban J connectivity index is 1.61. The number of aliphatic hydroxyl groups is 8. The summed E-state index contributed by atoms with van der Waals surface area (Å²) in [6, 6.07) is -0.832. The first-order valence-corrected chi connectivity index (χ1v) is 40.0. The van der Waals surface area contributed by atoms with Gasteiger partial charge in [-0.25, -0.2) is 0 Å². The summed E-state index contributed by atoms with van der Waals surface area (Å²) in [5.41, 5.74) is 0. The first kappa shape index (κ1) is 88.8. The van der Waals surface area contributed by atoms with Crippen molar-refractivity contribution in [2.24, 2.45) is 0 Å². The second-order valence-electron chi connectivity index (χ2n) is 28.2. The van der Waals surface area contributed by atoms with Crippen LogP contribution in [-0.4, -0.2) is 140 Å². The fourth-order valence-corrected chi connectivity index (χ4v) is 13.2. The highest BCUT2D eigenvalue weighted by molar-refractivity contribution is 5.76. The van der Waals surface area contributed by atoms with Gasteiger partial charge in [-0.05, 0) is 57.8 Å². The molecule has 14 heteroatoms. The van der Waals surface area contributed by atoms with Crippen LogP contribution in [0.1, 0.15) is 354 Å². The number of carbonyl (C=O) groups is 1. The first-order valence-electron chi connectivity index (χ1n) is 40.0. The SMILES string of the molecule is CC/C=C\C/C=C\C/C=C\C/C=C\C/C=C\CCCCCCCCCCCCCCCCCCCC(=O)NC(COC1OC(CO)C(OC2OC(CO)C(O)C(O)C2O)C(O)C1O)C(O)CCCCCCCCCCCCCCCCCCCCCCCCCCCCCC. The minimum absolute atomic E-state index is 0.201. The molecule has 556 valence electrons. The van der Waals surface area contributed by atoms with Crippen LogP contribution in [0.2, 0.25) is 0 Å². The molecule has 0 saturated carbocycles. The Hall–Kier alpha value is -2.31. The van der Waals surface area contributed by atoms with E-state index in [2.05, 4.69) is 79.9 Å². The predicted molar refractivity (Wildman–Crippen MR) is 392 cm³/mol. The van der Waals surface area contributed by atoms with Gasteiger partial charge in [-0.15, -0.1) is 0 Å². The van der Waals surface area contributed by atoms with Gasteiger partial charge in [0.25, 0.3) is 0 Å². The van der Waals surface area contributed by atoms with E-state index < -0.39 is 86.8 Å². The number of nitrogens with one attached hydrogen (secondary N) is 1. The number of hydrogen-bond acceptors (Lipinski definition) is 13. The second-order valence-corrected chi connectivity index (χ2v) is 28.2. The molecular formula is C81H149NO13. The van der Waals surface area contributed by atoms with Crippen LogP contribution in [0.3, 0.4) is 0 Å². The van der Waals surface area contributed by atoms with Gasteiger partial charge in [-0.3, -0.25) is 4.79 Å². The molecule has 1 amide bonds. The van der Waals surface area contributed by atoms with Crippen LogP contribution < -0.4 is 5.32 Å². The van der Waals surface area contributed by atoms with Gasteiger partial charge in [-0.2, -0.15) is 0 Å². The van der Waals surface area contributed by atoms with Gasteiger partial charge in [0.05, 0.1) is 32.0 Å². The lowest BCUT2D eigenvalue weighted by molar-refractivity contribution is -0.359. The van der Waals surface area contributed by atoms with Gasteiger partial charge in [0.1, 0.15) is 48.8 Å². The van der Waals surface area contributed by atoms with Crippen LogP contribution in [0.25, 0.3) is 0 Å². The number of amides is 1. The second kappa shape index (κ2) is 65.0. The van der Waals surface area contributed by atoms with Gasteiger partial charge in [-0.1, -0.05) is 351 Å². The third kappa shape index (κ3) is 48.2. The van der Waals surface area contributed by atoms with E-state index in [0.29, 0.717) is 12.8 Å². The van der Waals surface area contributed by atoms with Crippen molar-refractivity contribution in [1.29, 1.82) is 0 Å². The third-order valence-electron chi connectivity index (χ3n) is 19.5. The summed E-state index contributed by atoms with van der Waals surface area (Å²) in [5.74, 6) is -0.201. The molecule has 2 aliphatic heterocycles. The summed E-state index contributed by atoms with van der Waals surface area (Å²) in [4.78, 5) is 13.4. The Bertz CT molecular complexity index is 1830. The molecule has 0 aromatic rings. The van der Waals surface area contributed by atoms with E-state index in [-0.39, 0.29) is 12.5 Å². The molecule has 0 radical (unpaired) electrons. The molecule has 0 aromatic carbocycles. The molecule has 14 nitrogen and oxygen atoms in total. The highest BCUT2D eigenvalue weighted by Gasteiger charge is 2.51. The van der Waals surface area contributed by atoms with Gasteiger partial charge in [0.2, 0.25) is 5.91 Å². The van der Waals surface area contributed by atoms with Gasteiger partial charge < -0.3 is 65.1 Å². The molecule has 12 unspecified atom stereocenters. The van der Waals surface area contributed by atoms with Crippen molar-refractivity contribution in [3.63, 3.8) is 0 Å². The molecule has 12 atom stereocenters. The van der Waals surface area contributed by atoms with Crippen molar-refractivity contribution in [3.8, 4) is 0 Å². The molecule has 2 aliphatic rings. The maximum Gasteiger partial charge on any atom is 0.220 e. The van der Waals surface area contributed by atoms with Crippen molar-refractivity contribution in [3.05, 3.63) is 60.8 Å². The number of carbonyl (C=O) groups excluding carboxylic acids is 1. The van der Waals surface area contributed by atoms with Crippen LogP contribution >= 0.6 is 0 Å². The number of unbranched alkanes of at least 4 members (excludes halogenated alkanes) is 44. The van der Waals surface area contributed by atoms with E-state index >= 15 is 0 Å². The molecule has 0 spiro atoms. The molecule has 2 saturated heterocycles. The van der Waals surface area contributed by atoms with Crippen molar-refractivity contribution < 1.29 is 64.6 Å². The third-order valence-corrected chi connectivity index (χ3v) is 19.5. The summed E-state index contributed by atoms with van der Waals surface area (Å²) in [6.07, 6.45) is 71.1. The molecule has 2 heterocycles. The summed E-state index contributed by atoms with van der Waals surface area (Å²) < 4.78 is 23.0. The zero-order valence-electron chi connectivity index (χ0n) is 60.9. The van der Waals surface area contributed by atoms with E-state index in [4.69, 9.17) is 18.9 Å². The minimum Gasteiger partial charge on any atom is -0.394 e. The number of hydrogen-bond donors (Lipinski definition) is 9. The molecular weight excluding hydrogens is 1190 g/mol. The van der Waals surface area contributed by atoms with Crippen LogP contribution in [0.5, 0.6) is 0 Å². The molecule has 2 rings (SSSR count). The Kier molecular flexibility index (Phi) is 60.8. The number of ether oxygens (including phenoxy) is 4. The topological polar surface area (TPSA) is 228 Å². The Morgan fingerprint density at radius 2 is 0.726 bits per heavy atom. The van der Waals surface area contributed by atoms with Crippen LogP contribution in [0, 0.1) is 0 Å². The van der Waals surface area contributed by atoms with Crippen molar-refractivity contribution in [2.75, 3.05) is 19.8 Å². The Morgan fingerprint density at radius 1 is 0.389 bits per heavy atom. The average molecular weight is 1350 g/mol. The predicted octanol–water partition coefficient (Wildman–Crippen LogP) is 18.0. The highest BCUT2D eigenvalue weighted by Crippen LogP contribution is 2.30. The fraction of sp³-hybridized carbons (Fsp3) is 0.864.